The van der Waals surface area contributed by atoms with Crippen LogP contribution in [0.4, 0.5) is 4.79 Å². The Kier molecular flexibility index (Phi) is 5.64. The molecule has 1 saturated heterocycles. The number of carbonyl (C=O) groups is 1. The van der Waals surface area contributed by atoms with Gasteiger partial charge in [-0.2, -0.15) is 0 Å². The summed E-state index contributed by atoms with van der Waals surface area (Å²) in [6, 6.07) is 0.336. The molecule has 0 spiro atoms. The Morgan fingerprint density at radius 2 is 2.12 bits per heavy atom. The van der Waals surface area contributed by atoms with Crippen LogP contribution in [0.5, 0.6) is 0 Å². The van der Waals surface area contributed by atoms with Crippen molar-refractivity contribution in [3.63, 3.8) is 0 Å². The van der Waals surface area contributed by atoms with Gasteiger partial charge in [0, 0.05) is 12.6 Å². The fraction of sp³-hybridized carbons (Fsp3) is 0.923. The lowest BCUT2D eigenvalue weighted by Gasteiger charge is -2.35. The normalized spacial score (nSPS) is 25.6. The zero-order valence-electron chi connectivity index (χ0n) is 10.9. The minimum absolute atomic E-state index is 0.115. The van der Waals surface area contributed by atoms with E-state index in [9.17, 15) is 4.79 Å². The van der Waals surface area contributed by atoms with Gasteiger partial charge in [0.05, 0.1) is 6.61 Å². The van der Waals surface area contributed by atoms with Crippen molar-refractivity contribution in [1.29, 1.82) is 0 Å². The van der Waals surface area contributed by atoms with Gasteiger partial charge in [-0.05, 0) is 32.1 Å². The number of hydrogen-bond donors (Lipinski definition) is 0. The second-order valence-electron chi connectivity index (χ2n) is 4.99. The van der Waals surface area contributed by atoms with Crippen LogP contribution in [0.15, 0.2) is 0 Å². The highest BCUT2D eigenvalue weighted by atomic mass is 16.6. The van der Waals surface area contributed by atoms with E-state index in [1.54, 1.807) is 0 Å². The first-order valence-electron chi connectivity index (χ1n) is 6.58. The van der Waals surface area contributed by atoms with Crippen molar-refractivity contribution >= 4 is 6.09 Å². The molecule has 1 amide bonds. The molecule has 16 heavy (non-hydrogen) atoms. The van der Waals surface area contributed by atoms with Gasteiger partial charge in [-0.1, -0.05) is 26.7 Å². The van der Waals surface area contributed by atoms with E-state index in [0.717, 1.165) is 44.6 Å². The second-order valence-corrected chi connectivity index (χ2v) is 4.99. The Morgan fingerprint density at radius 1 is 1.38 bits per heavy atom. The molecule has 0 radical (unpaired) electrons. The maximum Gasteiger partial charge on any atom is 0.409 e. The molecule has 0 aliphatic carbocycles. The number of rotatable bonds is 4. The summed E-state index contributed by atoms with van der Waals surface area (Å²) in [4.78, 5) is 13.7. The number of ether oxygens (including phenoxy) is 1. The fourth-order valence-electron chi connectivity index (χ4n) is 2.27. The first-order valence-corrected chi connectivity index (χ1v) is 6.58. The molecule has 0 aromatic carbocycles. The maximum atomic E-state index is 11.8. The van der Waals surface area contributed by atoms with Crippen LogP contribution in [0.25, 0.3) is 0 Å². The highest BCUT2D eigenvalue weighted by molar-refractivity contribution is 5.68. The molecule has 1 aliphatic rings. The Bertz CT molecular complexity index is 218. The molecule has 0 saturated carbocycles. The van der Waals surface area contributed by atoms with E-state index >= 15 is 0 Å². The van der Waals surface area contributed by atoms with Crippen molar-refractivity contribution in [3.05, 3.63) is 0 Å². The molecule has 94 valence electrons. The molecule has 2 unspecified atom stereocenters. The van der Waals surface area contributed by atoms with Gasteiger partial charge in [0.15, 0.2) is 0 Å². The average molecular weight is 227 g/mol. The van der Waals surface area contributed by atoms with Gasteiger partial charge in [-0.15, -0.1) is 0 Å². The lowest BCUT2D eigenvalue weighted by atomic mass is 9.94. The van der Waals surface area contributed by atoms with Gasteiger partial charge in [0.2, 0.25) is 0 Å². The Hall–Kier alpha value is -0.730. The molecule has 1 rings (SSSR count). The summed E-state index contributed by atoms with van der Waals surface area (Å²) in [6.45, 7) is 7.94. The van der Waals surface area contributed by atoms with Gasteiger partial charge in [0.25, 0.3) is 0 Å². The molecule has 3 heteroatoms. The zero-order valence-corrected chi connectivity index (χ0v) is 10.9. The number of likely N-dealkylation sites (tertiary alicyclic amines) is 1. The van der Waals surface area contributed by atoms with E-state index in [0.29, 0.717) is 12.6 Å². The van der Waals surface area contributed by atoms with Crippen LogP contribution in [0.2, 0.25) is 0 Å². The summed E-state index contributed by atoms with van der Waals surface area (Å²) in [5.74, 6) is 0.735. The monoisotopic (exact) mass is 227 g/mol. The molecule has 0 aromatic rings. The van der Waals surface area contributed by atoms with E-state index in [2.05, 4.69) is 20.8 Å². The van der Waals surface area contributed by atoms with Crippen molar-refractivity contribution < 1.29 is 9.53 Å². The minimum Gasteiger partial charge on any atom is -0.449 e. The van der Waals surface area contributed by atoms with Crippen LogP contribution in [-0.4, -0.2) is 30.2 Å². The minimum atomic E-state index is -0.115. The summed E-state index contributed by atoms with van der Waals surface area (Å²) in [6.07, 6.45) is 5.38. The van der Waals surface area contributed by atoms with Gasteiger partial charge < -0.3 is 9.64 Å². The largest absolute Gasteiger partial charge is 0.449 e. The molecule has 2 atom stereocenters. The molecule has 0 bridgehead atoms. The van der Waals surface area contributed by atoms with E-state index in [-0.39, 0.29) is 6.09 Å². The molecule has 3 nitrogen and oxygen atoms in total. The van der Waals surface area contributed by atoms with Crippen LogP contribution in [0.3, 0.4) is 0 Å². The van der Waals surface area contributed by atoms with Crippen molar-refractivity contribution in [2.45, 2.75) is 58.9 Å². The van der Waals surface area contributed by atoms with Crippen LogP contribution in [-0.2, 0) is 4.74 Å². The van der Waals surface area contributed by atoms with E-state index < -0.39 is 0 Å². The number of piperidine rings is 1. The standard InChI is InChI=1S/C13H25NO2/c1-4-5-6-9-16-13(15)14-8-7-11(2)10-12(14)3/h11-12H,4-10H2,1-3H3. The third-order valence-corrected chi connectivity index (χ3v) is 3.35. The van der Waals surface area contributed by atoms with Crippen LogP contribution in [0.1, 0.15) is 52.9 Å². The smallest absolute Gasteiger partial charge is 0.409 e. The topological polar surface area (TPSA) is 29.5 Å². The van der Waals surface area contributed by atoms with E-state index in [1.807, 2.05) is 4.90 Å². The molecule has 1 aliphatic heterocycles. The predicted molar refractivity (Wildman–Crippen MR) is 65.4 cm³/mol. The third kappa shape index (κ3) is 4.03. The van der Waals surface area contributed by atoms with Crippen molar-refractivity contribution in [1.82, 2.24) is 4.90 Å². The average Bonchev–Trinajstić information content (AvgIpc) is 2.24. The molecule has 1 heterocycles. The Balaban J connectivity index is 2.25. The fourth-order valence-corrected chi connectivity index (χ4v) is 2.27. The molecular formula is C13H25NO2. The first kappa shape index (κ1) is 13.3. The summed E-state index contributed by atoms with van der Waals surface area (Å²) in [5, 5.41) is 0. The molecular weight excluding hydrogens is 202 g/mol. The highest BCUT2D eigenvalue weighted by Gasteiger charge is 2.27. The van der Waals surface area contributed by atoms with Crippen LogP contribution < -0.4 is 0 Å². The molecule has 0 aromatic heterocycles. The summed E-state index contributed by atoms with van der Waals surface area (Å²) in [7, 11) is 0. The number of amides is 1. The summed E-state index contributed by atoms with van der Waals surface area (Å²) >= 11 is 0. The Morgan fingerprint density at radius 3 is 2.75 bits per heavy atom. The van der Waals surface area contributed by atoms with Gasteiger partial charge >= 0.3 is 6.09 Å². The predicted octanol–water partition coefficient (Wildman–Crippen LogP) is 3.43. The maximum absolute atomic E-state index is 11.8. The number of unbranched alkanes of at least 4 members (excludes halogenated alkanes) is 2. The SMILES string of the molecule is CCCCCOC(=O)N1CCC(C)CC1C. The van der Waals surface area contributed by atoms with E-state index in [4.69, 9.17) is 4.74 Å². The third-order valence-electron chi connectivity index (χ3n) is 3.35. The second kappa shape index (κ2) is 6.77. The molecule has 1 fully saturated rings. The number of hydrogen-bond acceptors (Lipinski definition) is 2. The van der Waals surface area contributed by atoms with Crippen LogP contribution in [0, 0.1) is 5.92 Å². The van der Waals surface area contributed by atoms with Crippen LogP contribution >= 0.6 is 0 Å². The van der Waals surface area contributed by atoms with Crippen molar-refractivity contribution in [3.8, 4) is 0 Å². The quantitative estimate of drug-likeness (QED) is 0.689. The lowest BCUT2D eigenvalue weighted by Crippen LogP contribution is -2.44. The first-order chi connectivity index (χ1) is 7.65. The summed E-state index contributed by atoms with van der Waals surface area (Å²) < 4.78 is 5.28. The molecule has 0 N–H and O–H groups in total. The number of nitrogens with zero attached hydrogens (tertiary/aromatic N) is 1. The van der Waals surface area contributed by atoms with E-state index in [1.165, 1.54) is 0 Å². The highest BCUT2D eigenvalue weighted by Crippen LogP contribution is 2.22. The zero-order chi connectivity index (χ0) is 12.0. The Labute approximate surface area is 99.1 Å². The van der Waals surface area contributed by atoms with Gasteiger partial charge in [-0.3, -0.25) is 0 Å². The number of carbonyl (C=O) groups excluding carboxylic acids is 1. The van der Waals surface area contributed by atoms with Gasteiger partial charge in [0.1, 0.15) is 0 Å². The lowest BCUT2D eigenvalue weighted by molar-refractivity contribution is 0.0673. The van der Waals surface area contributed by atoms with Gasteiger partial charge in [-0.25, -0.2) is 4.79 Å². The van der Waals surface area contributed by atoms with Crippen molar-refractivity contribution in [2.24, 2.45) is 5.92 Å². The van der Waals surface area contributed by atoms with Crippen molar-refractivity contribution in [2.75, 3.05) is 13.2 Å². The summed E-state index contributed by atoms with van der Waals surface area (Å²) in [5.41, 5.74) is 0.